The van der Waals surface area contributed by atoms with E-state index in [2.05, 4.69) is 23.4 Å². The quantitative estimate of drug-likeness (QED) is 0.263. The zero-order valence-electron chi connectivity index (χ0n) is 16.7. The van der Waals surface area contributed by atoms with Gasteiger partial charge in [-0.25, -0.2) is 4.98 Å². The van der Waals surface area contributed by atoms with E-state index in [1.807, 2.05) is 29.6 Å². The first-order valence-electron chi connectivity index (χ1n) is 9.16. The predicted molar refractivity (Wildman–Crippen MR) is 119 cm³/mol. The molecule has 0 saturated heterocycles. The largest absolute Gasteiger partial charge is 0.493 e. The summed E-state index contributed by atoms with van der Waals surface area (Å²) in [7, 11) is 4.62. The molecular weight excluding hydrogens is 400 g/mol. The second-order valence-corrected chi connectivity index (χ2v) is 7.29. The summed E-state index contributed by atoms with van der Waals surface area (Å²) in [5.74, 6) is 1.41. The maximum atomic E-state index is 9.78. The Morgan fingerprint density at radius 1 is 0.933 bits per heavy atom. The Labute approximate surface area is 178 Å². The molecule has 152 valence electrons. The number of benzene rings is 3. The zero-order chi connectivity index (χ0) is 21.1. The lowest BCUT2D eigenvalue weighted by molar-refractivity contribution is 0.318. The first kappa shape index (κ1) is 19.7. The molecule has 1 heterocycles. The number of fused-ring (bicyclic) bond motifs is 1. The molecule has 4 rings (SSSR count). The van der Waals surface area contributed by atoms with E-state index in [1.165, 1.54) is 11.3 Å². The molecule has 0 atom stereocenters. The smallest absolute Gasteiger partial charge is 0.203 e. The average molecular weight is 420 g/mol. The first-order chi connectivity index (χ1) is 14.7. The van der Waals surface area contributed by atoms with E-state index in [9.17, 15) is 5.21 Å². The Morgan fingerprint density at radius 2 is 1.63 bits per heavy atom. The Balaban J connectivity index is 1.79. The summed E-state index contributed by atoms with van der Waals surface area (Å²) >= 11 is 1.40. The van der Waals surface area contributed by atoms with E-state index in [0.29, 0.717) is 33.5 Å². The summed E-state index contributed by atoms with van der Waals surface area (Å²) in [4.78, 5) is 4.75. The van der Waals surface area contributed by atoms with Gasteiger partial charge in [0, 0.05) is 16.5 Å². The van der Waals surface area contributed by atoms with Crippen LogP contribution in [0.1, 0.15) is 10.6 Å². The fourth-order valence-electron chi connectivity index (χ4n) is 3.40. The third-order valence-electron chi connectivity index (χ3n) is 4.81. The van der Waals surface area contributed by atoms with Crippen molar-refractivity contribution in [3.8, 4) is 28.5 Å². The standard InChI is InChI=1S/C23H20N2O4S/c1-27-19-11-15(12-20(28-2)22(19)29-3)21(25-26)23-24-18(13-30-23)17-10-6-8-14-7-4-5-9-16(14)17/h4-13,26H,1-3H3/b25-21-. The molecule has 0 amide bonds. The van der Waals surface area contributed by atoms with Crippen molar-refractivity contribution in [2.24, 2.45) is 5.16 Å². The number of oxime groups is 1. The minimum Gasteiger partial charge on any atom is -0.493 e. The van der Waals surface area contributed by atoms with Crippen LogP contribution in [0.5, 0.6) is 17.2 Å². The highest BCUT2D eigenvalue weighted by Crippen LogP contribution is 2.39. The molecule has 1 N–H and O–H groups in total. The van der Waals surface area contributed by atoms with Gasteiger partial charge in [0.05, 0.1) is 27.0 Å². The van der Waals surface area contributed by atoms with Crippen LogP contribution < -0.4 is 14.2 Å². The van der Waals surface area contributed by atoms with Gasteiger partial charge < -0.3 is 19.4 Å². The third kappa shape index (κ3) is 3.44. The zero-order valence-corrected chi connectivity index (χ0v) is 17.6. The molecule has 7 heteroatoms. The van der Waals surface area contributed by atoms with Gasteiger partial charge in [-0.15, -0.1) is 11.3 Å². The van der Waals surface area contributed by atoms with Crippen LogP contribution in [-0.2, 0) is 0 Å². The number of nitrogens with zero attached hydrogens (tertiary/aromatic N) is 2. The Morgan fingerprint density at radius 3 is 2.30 bits per heavy atom. The second kappa shape index (κ2) is 8.42. The lowest BCUT2D eigenvalue weighted by Gasteiger charge is -2.14. The number of methoxy groups -OCH3 is 3. The summed E-state index contributed by atoms with van der Waals surface area (Å²) in [6, 6.07) is 17.8. The highest BCUT2D eigenvalue weighted by Gasteiger charge is 2.20. The van der Waals surface area contributed by atoms with Crippen molar-refractivity contribution in [3.63, 3.8) is 0 Å². The Bertz CT molecular complexity index is 1200. The van der Waals surface area contributed by atoms with Crippen LogP contribution in [-0.4, -0.2) is 37.2 Å². The molecule has 0 aliphatic rings. The van der Waals surface area contributed by atoms with Gasteiger partial charge in [0.15, 0.2) is 11.5 Å². The van der Waals surface area contributed by atoms with Crippen molar-refractivity contribution in [3.05, 3.63) is 70.5 Å². The van der Waals surface area contributed by atoms with Gasteiger partial charge in [-0.05, 0) is 22.9 Å². The molecule has 0 unspecified atom stereocenters. The van der Waals surface area contributed by atoms with Crippen LogP contribution in [0.3, 0.4) is 0 Å². The topological polar surface area (TPSA) is 73.2 Å². The summed E-state index contributed by atoms with van der Waals surface area (Å²) in [6.07, 6.45) is 0. The molecule has 0 aliphatic carbocycles. The van der Waals surface area contributed by atoms with E-state index in [0.717, 1.165) is 22.0 Å². The van der Waals surface area contributed by atoms with Crippen LogP contribution in [0.25, 0.3) is 22.0 Å². The number of hydrogen-bond donors (Lipinski definition) is 1. The minimum atomic E-state index is 0.325. The van der Waals surface area contributed by atoms with Gasteiger partial charge in [-0.1, -0.05) is 47.6 Å². The van der Waals surface area contributed by atoms with Crippen molar-refractivity contribution >= 4 is 27.8 Å². The van der Waals surface area contributed by atoms with E-state index in [-0.39, 0.29) is 0 Å². The predicted octanol–water partition coefficient (Wildman–Crippen LogP) is 5.22. The van der Waals surface area contributed by atoms with Crippen LogP contribution in [0, 0.1) is 0 Å². The second-order valence-electron chi connectivity index (χ2n) is 6.43. The number of aromatic nitrogens is 1. The molecule has 30 heavy (non-hydrogen) atoms. The highest BCUT2D eigenvalue weighted by molar-refractivity contribution is 7.12. The van der Waals surface area contributed by atoms with Crippen LogP contribution in [0.4, 0.5) is 0 Å². The van der Waals surface area contributed by atoms with Crippen LogP contribution >= 0.6 is 11.3 Å². The molecule has 0 bridgehead atoms. The monoisotopic (exact) mass is 420 g/mol. The van der Waals surface area contributed by atoms with Gasteiger partial charge in [0.2, 0.25) is 5.75 Å². The van der Waals surface area contributed by atoms with Crippen molar-refractivity contribution in [1.29, 1.82) is 0 Å². The molecule has 3 aromatic carbocycles. The summed E-state index contributed by atoms with van der Waals surface area (Å²) in [5, 5.41) is 18.1. The number of thiazole rings is 1. The molecule has 0 spiro atoms. The molecule has 0 aliphatic heterocycles. The molecule has 1 aromatic heterocycles. The first-order valence-corrected chi connectivity index (χ1v) is 10.0. The van der Waals surface area contributed by atoms with Gasteiger partial charge in [-0.2, -0.15) is 0 Å². The highest BCUT2D eigenvalue weighted by atomic mass is 32.1. The molecule has 4 aromatic rings. The van der Waals surface area contributed by atoms with E-state index in [4.69, 9.17) is 19.2 Å². The van der Waals surface area contributed by atoms with E-state index in [1.54, 1.807) is 33.5 Å². The summed E-state index contributed by atoms with van der Waals surface area (Å²) in [6.45, 7) is 0. The Hall–Kier alpha value is -3.58. The van der Waals surface area contributed by atoms with Gasteiger partial charge >= 0.3 is 0 Å². The van der Waals surface area contributed by atoms with Crippen molar-refractivity contribution < 1.29 is 19.4 Å². The van der Waals surface area contributed by atoms with Gasteiger partial charge in [-0.3, -0.25) is 0 Å². The van der Waals surface area contributed by atoms with Crippen molar-refractivity contribution in [2.75, 3.05) is 21.3 Å². The average Bonchev–Trinajstić information content (AvgIpc) is 3.28. The normalized spacial score (nSPS) is 11.5. The van der Waals surface area contributed by atoms with Crippen LogP contribution in [0.15, 0.2) is 65.1 Å². The fraction of sp³-hybridized carbons (Fsp3) is 0.130. The molecule has 0 radical (unpaired) electrons. The van der Waals surface area contributed by atoms with E-state index < -0.39 is 0 Å². The lowest BCUT2D eigenvalue weighted by Crippen LogP contribution is -2.05. The molecular formula is C23H20N2O4S. The van der Waals surface area contributed by atoms with Gasteiger partial charge in [0.25, 0.3) is 0 Å². The Kier molecular flexibility index (Phi) is 5.54. The van der Waals surface area contributed by atoms with E-state index >= 15 is 0 Å². The third-order valence-corrected chi connectivity index (χ3v) is 5.66. The maximum absolute atomic E-state index is 9.78. The maximum Gasteiger partial charge on any atom is 0.203 e. The van der Waals surface area contributed by atoms with Crippen LogP contribution in [0.2, 0.25) is 0 Å². The van der Waals surface area contributed by atoms with Gasteiger partial charge in [0.1, 0.15) is 10.7 Å². The SMILES string of the molecule is COc1cc(/C(=N/O)c2nc(-c3cccc4ccccc34)cs2)cc(OC)c1OC. The number of hydrogen-bond acceptors (Lipinski definition) is 7. The molecule has 0 fully saturated rings. The minimum absolute atomic E-state index is 0.325. The van der Waals surface area contributed by atoms with Crippen molar-refractivity contribution in [2.45, 2.75) is 0 Å². The summed E-state index contributed by atoms with van der Waals surface area (Å²) < 4.78 is 16.2. The summed E-state index contributed by atoms with van der Waals surface area (Å²) in [5.41, 5.74) is 2.77. The number of ether oxygens (including phenoxy) is 3. The fourth-order valence-corrected chi connectivity index (χ4v) is 4.22. The molecule has 0 saturated carbocycles. The molecule has 6 nitrogen and oxygen atoms in total. The van der Waals surface area contributed by atoms with Crippen molar-refractivity contribution in [1.82, 2.24) is 4.98 Å². The number of rotatable bonds is 6. The lowest BCUT2D eigenvalue weighted by atomic mass is 10.0.